The number of carbonyl (C=O) groups excluding carboxylic acids is 1. The summed E-state index contributed by atoms with van der Waals surface area (Å²) in [6.45, 7) is 10.9. The van der Waals surface area contributed by atoms with E-state index in [1.165, 1.54) is 28.6 Å². The Morgan fingerprint density at radius 3 is 1.87 bits per heavy atom. The first-order chi connectivity index (χ1) is 29.6. The SMILES string of the molecule is COCCOCCOCCOCCOCCOCCOCCOc1ccc(C[C@H](NC(=O)O[C@H]2CO[C@H]3OCC[C@H]32)C(O)CN(CC(C)C)S(=O)(=O)c2ccc(N)cc2)cc1. The molecule has 2 saturated heterocycles. The monoisotopic (exact) mass is 885 g/mol. The quantitative estimate of drug-likeness (QED) is 0.0694. The maximum absolute atomic E-state index is 13.8. The number of alkyl carbamates (subject to hydrolysis) is 1. The van der Waals surface area contributed by atoms with Gasteiger partial charge in [-0.15, -0.1) is 0 Å². The predicted octanol–water partition coefficient (Wildman–Crippen LogP) is 2.50. The number of aliphatic hydroxyl groups excluding tert-OH is 1. The third-order valence-corrected chi connectivity index (χ3v) is 11.5. The Bertz CT molecular complexity index is 1590. The second kappa shape index (κ2) is 28.5. The van der Waals surface area contributed by atoms with Crippen molar-refractivity contribution in [2.24, 2.45) is 11.8 Å². The molecular formula is C42H67N3O15S. The van der Waals surface area contributed by atoms with Crippen LogP contribution in [0.15, 0.2) is 53.4 Å². The molecular weight excluding hydrogens is 819 g/mol. The van der Waals surface area contributed by atoms with Crippen LogP contribution in [0.4, 0.5) is 10.5 Å². The number of benzene rings is 2. The lowest BCUT2D eigenvalue weighted by molar-refractivity contribution is -0.0907. The number of ether oxygens (including phenoxy) is 11. The van der Waals surface area contributed by atoms with Gasteiger partial charge in [-0.1, -0.05) is 26.0 Å². The second-order valence-corrected chi connectivity index (χ2v) is 16.9. The topological polar surface area (TPSA) is 214 Å². The molecule has 61 heavy (non-hydrogen) atoms. The molecule has 2 aliphatic heterocycles. The van der Waals surface area contributed by atoms with Crippen LogP contribution in [-0.2, 0) is 63.8 Å². The zero-order valence-electron chi connectivity index (χ0n) is 35.8. The predicted molar refractivity (Wildman–Crippen MR) is 224 cm³/mol. The fourth-order valence-corrected chi connectivity index (χ4v) is 8.12. The summed E-state index contributed by atoms with van der Waals surface area (Å²) in [5.41, 5.74) is 7.01. The van der Waals surface area contributed by atoms with Crippen LogP contribution in [0, 0.1) is 11.8 Å². The number of nitrogens with one attached hydrogen (secondary N) is 1. The van der Waals surface area contributed by atoms with Crippen molar-refractivity contribution in [2.75, 3.05) is 132 Å². The minimum absolute atomic E-state index is 0.0509. The fraction of sp³-hybridized carbons (Fsp3) is 0.690. The zero-order valence-corrected chi connectivity index (χ0v) is 36.6. The summed E-state index contributed by atoms with van der Waals surface area (Å²) >= 11 is 0. The normalized spacial score (nSPS) is 18.7. The summed E-state index contributed by atoms with van der Waals surface area (Å²) in [6, 6.07) is 12.2. The van der Waals surface area contributed by atoms with E-state index in [2.05, 4.69) is 5.32 Å². The zero-order chi connectivity index (χ0) is 43.7. The van der Waals surface area contributed by atoms with Gasteiger partial charge in [0.15, 0.2) is 6.29 Å². The van der Waals surface area contributed by atoms with Crippen LogP contribution in [0.25, 0.3) is 0 Å². The van der Waals surface area contributed by atoms with E-state index in [0.29, 0.717) is 117 Å². The molecule has 2 aliphatic rings. The van der Waals surface area contributed by atoms with Crippen LogP contribution < -0.4 is 15.8 Å². The first kappa shape index (κ1) is 50.5. The molecule has 2 aromatic carbocycles. The number of sulfonamides is 1. The van der Waals surface area contributed by atoms with Gasteiger partial charge in [0.1, 0.15) is 18.5 Å². The van der Waals surface area contributed by atoms with Crippen LogP contribution in [0.3, 0.4) is 0 Å². The number of hydrogen-bond donors (Lipinski definition) is 3. The van der Waals surface area contributed by atoms with Gasteiger partial charge in [-0.3, -0.25) is 0 Å². The number of aliphatic hydroxyl groups is 1. The number of fused-ring (bicyclic) bond motifs is 1. The van der Waals surface area contributed by atoms with Gasteiger partial charge in [0.05, 0.1) is 122 Å². The van der Waals surface area contributed by atoms with Crippen molar-refractivity contribution in [3.8, 4) is 5.75 Å². The number of nitrogens with zero attached hydrogens (tertiary/aromatic N) is 1. The Morgan fingerprint density at radius 1 is 0.787 bits per heavy atom. The lowest BCUT2D eigenvalue weighted by atomic mass is 10.0. The summed E-state index contributed by atoms with van der Waals surface area (Å²) in [4.78, 5) is 13.3. The molecule has 2 fully saturated rings. The highest BCUT2D eigenvalue weighted by Crippen LogP contribution is 2.33. The largest absolute Gasteiger partial charge is 0.491 e. The first-order valence-electron chi connectivity index (χ1n) is 21.0. The number of nitrogens with two attached hydrogens (primary N) is 1. The van der Waals surface area contributed by atoms with Gasteiger partial charge in [0.25, 0.3) is 0 Å². The summed E-state index contributed by atoms with van der Waals surface area (Å²) < 4.78 is 89.3. The maximum Gasteiger partial charge on any atom is 0.407 e. The molecule has 4 N–H and O–H groups in total. The van der Waals surface area contributed by atoms with Crippen molar-refractivity contribution in [1.29, 1.82) is 0 Å². The Hall–Kier alpha value is -3.18. The number of nitrogen functional groups attached to an aromatic ring is 1. The summed E-state index contributed by atoms with van der Waals surface area (Å²) in [5, 5.41) is 14.5. The highest BCUT2D eigenvalue weighted by atomic mass is 32.2. The van der Waals surface area contributed by atoms with Gasteiger partial charge in [-0.05, 0) is 60.7 Å². The number of amides is 1. The Labute approximate surface area is 360 Å². The lowest BCUT2D eigenvalue weighted by Gasteiger charge is -2.31. The van der Waals surface area contributed by atoms with E-state index in [4.69, 9.17) is 57.8 Å². The highest BCUT2D eigenvalue weighted by molar-refractivity contribution is 7.89. The third kappa shape index (κ3) is 19.0. The summed E-state index contributed by atoms with van der Waals surface area (Å²) in [6.07, 6.45) is -2.07. The third-order valence-electron chi connectivity index (χ3n) is 9.66. The van der Waals surface area contributed by atoms with E-state index in [9.17, 15) is 18.3 Å². The first-order valence-corrected chi connectivity index (χ1v) is 22.4. The number of hydrogen-bond acceptors (Lipinski definition) is 16. The van der Waals surface area contributed by atoms with E-state index >= 15 is 0 Å². The van der Waals surface area contributed by atoms with E-state index in [0.717, 1.165) is 5.56 Å². The number of anilines is 1. The molecule has 5 atom stereocenters. The molecule has 4 rings (SSSR count). The molecule has 0 radical (unpaired) electrons. The van der Waals surface area contributed by atoms with Crippen LogP contribution in [-0.4, -0.2) is 174 Å². The second-order valence-electron chi connectivity index (χ2n) is 14.9. The lowest BCUT2D eigenvalue weighted by Crippen LogP contribution is -2.51. The van der Waals surface area contributed by atoms with Crippen molar-refractivity contribution < 1.29 is 70.4 Å². The van der Waals surface area contributed by atoms with Gasteiger partial charge < -0.3 is 68.3 Å². The molecule has 2 heterocycles. The summed E-state index contributed by atoms with van der Waals surface area (Å²) in [7, 11) is -2.38. The minimum atomic E-state index is -4.01. The van der Waals surface area contributed by atoms with E-state index in [1.54, 1.807) is 19.2 Å². The van der Waals surface area contributed by atoms with Crippen molar-refractivity contribution in [2.45, 2.75) is 56.1 Å². The van der Waals surface area contributed by atoms with E-state index in [-0.39, 0.29) is 42.8 Å². The molecule has 0 saturated carbocycles. The fourth-order valence-electron chi connectivity index (χ4n) is 6.49. The molecule has 0 spiro atoms. The average molecular weight is 886 g/mol. The van der Waals surface area contributed by atoms with E-state index in [1.807, 2.05) is 26.0 Å². The Balaban J connectivity index is 1.16. The molecule has 1 unspecified atom stereocenters. The minimum Gasteiger partial charge on any atom is -0.491 e. The van der Waals surface area contributed by atoms with Crippen LogP contribution in [0.5, 0.6) is 5.75 Å². The van der Waals surface area contributed by atoms with Crippen molar-refractivity contribution in [1.82, 2.24) is 9.62 Å². The van der Waals surface area contributed by atoms with Gasteiger partial charge in [-0.25, -0.2) is 13.2 Å². The molecule has 18 nitrogen and oxygen atoms in total. The molecule has 2 aromatic rings. The highest BCUT2D eigenvalue weighted by Gasteiger charge is 2.44. The van der Waals surface area contributed by atoms with Crippen molar-refractivity contribution in [3.05, 3.63) is 54.1 Å². The maximum atomic E-state index is 13.8. The van der Waals surface area contributed by atoms with Gasteiger partial charge >= 0.3 is 6.09 Å². The van der Waals surface area contributed by atoms with Gasteiger partial charge in [0.2, 0.25) is 10.0 Å². The van der Waals surface area contributed by atoms with Crippen LogP contribution in [0.2, 0.25) is 0 Å². The average Bonchev–Trinajstić information content (AvgIpc) is 3.86. The standard InChI is InChI=1S/C42H67N3O15S/c1-32(2)29-45(61(48,49)36-10-6-34(43)7-11-36)30-39(46)38(44-42(47)60-40-31-59-41-37(40)12-13-58-41)28-33-4-8-35(9-5-33)57-27-26-56-25-24-55-23-22-54-21-20-53-19-18-52-17-16-51-15-14-50-3/h4-11,32,37-41,46H,12-31,43H2,1-3H3,(H,44,47)/t37-,38-,39?,40-,41+/m0/s1. The summed E-state index contributed by atoms with van der Waals surface area (Å²) in [5.74, 6) is 0.483. The van der Waals surface area contributed by atoms with Gasteiger partial charge in [0, 0.05) is 25.9 Å². The van der Waals surface area contributed by atoms with Crippen LogP contribution >= 0.6 is 0 Å². The number of rotatable bonds is 33. The molecule has 346 valence electrons. The van der Waals surface area contributed by atoms with Crippen molar-refractivity contribution in [3.63, 3.8) is 0 Å². The number of carbonyl (C=O) groups is 1. The Kier molecular flexibility index (Phi) is 23.6. The molecule has 1 amide bonds. The molecule has 19 heteroatoms. The molecule has 0 aliphatic carbocycles. The molecule has 0 aromatic heterocycles. The van der Waals surface area contributed by atoms with Gasteiger partial charge in [-0.2, -0.15) is 4.31 Å². The van der Waals surface area contributed by atoms with Crippen molar-refractivity contribution >= 4 is 21.8 Å². The van der Waals surface area contributed by atoms with E-state index < -0.39 is 40.7 Å². The smallest absolute Gasteiger partial charge is 0.407 e. The molecule has 0 bridgehead atoms. The van der Waals surface area contributed by atoms with Crippen LogP contribution in [0.1, 0.15) is 25.8 Å². The number of methoxy groups -OCH3 is 1. The Morgan fingerprint density at radius 2 is 1.33 bits per heavy atom.